The van der Waals surface area contributed by atoms with Crippen LogP contribution in [0.2, 0.25) is 0 Å². The molecule has 1 aromatic carbocycles. The van der Waals surface area contributed by atoms with E-state index in [0.29, 0.717) is 6.61 Å². The van der Waals surface area contributed by atoms with Gasteiger partial charge < -0.3 is 9.84 Å². The Morgan fingerprint density at radius 3 is 2.53 bits per heavy atom. The van der Waals surface area contributed by atoms with Crippen LogP contribution >= 0.6 is 11.8 Å². The van der Waals surface area contributed by atoms with Crippen LogP contribution in [0.15, 0.2) is 30.3 Å². The van der Waals surface area contributed by atoms with Crippen LogP contribution < -0.4 is 0 Å². The second kappa shape index (κ2) is 6.07. The molecule has 0 fully saturated rings. The summed E-state index contributed by atoms with van der Waals surface area (Å²) in [5.41, 5.74) is 0.720. The Labute approximate surface area is 106 Å². The molecule has 0 heterocycles. The summed E-state index contributed by atoms with van der Waals surface area (Å²) in [5.74, 6) is -0.385. The SMILES string of the molecule is CCOC(=O)C(C)(SC)[C@@H](O)c1ccccc1. The molecule has 0 aromatic heterocycles. The average molecular weight is 254 g/mol. The lowest BCUT2D eigenvalue weighted by Gasteiger charge is -2.30. The highest BCUT2D eigenvalue weighted by Gasteiger charge is 2.42. The van der Waals surface area contributed by atoms with Crippen LogP contribution in [-0.4, -0.2) is 28.7 Å². The number of aliphatic hydroxyl groups excluding tert-OH is 1. The third-order valence-corrected chi connectivity index (χ3v) is 3.98. The quantitative estimate of drug-likeness (QED) is 0.820. The monoisotopic (exact) mass is 254 g/mol. The maximum absolute atomic E-state index is 11.9. The first-order valence-corrected chi connectivity index (χ1v) is 6.74. The van der Waals surface area contributed by atoms with E-state index in [1.54, 1.807) is 32.2 Å². The molecular formula is C13H18O3S. The zero-order valence-electron chi connectivity index (χ0n) is 10.3. The highest BCUT2D eigenvalue weighted by molar-refractivity contribution is 8.00. The van der Waals surface area contributed by atoms with Gasteiger partial charge in [0.25, 0.3) is 0 Å². The number of benzene rings is 1. The van der Waals surface area contributed by atoms with E-state index < -0.39 is 10.9 Å². The van der Waals surface area contributed by atoms with Gasteiger partial charge in [0.1, 0.15) is 10.9 Å². The normalized spacial score (nSPS) is 16.0. The molecule has 3 nitrogen and oxygen atoms in total. The number of hydrogen-bond acceptors (Lipinski definition) is 4. The van der Waals surface area contributed by atoms with Crippen LogP contribution in [-0.2, 0) is 9.53 Å². The van der Waals surface area contributed by atoms with E-state index in [-0.39, 0.29) is 5.97 Å². The van der Waals surface area contributed by atoms with Crippen LogP contribution in [0.3, 0.4) is 0 Å². The number of thioether (sulfide) groups is 1. The van der Waals surface area contributed by atoms with Crippen molar-refractivity contribution in [1.29, 1.82) is 0 Å². The molecule has 1 unspecified atom stereocenters. The minimum absolute atomic E-state index is 0.316. The van der Waals surface area contributed by atoms with Gasteiger partial charge in [0, 0.05) is 0 Å². The number of rotatable bonds is 5. The zero-order chi connectivity index (χ0) is 12.9. The van der Waals surface area contributed by atoms with E-state index in [1.165, 1.54) is 11.8 Å². The molecule has 1 N–H and O–H groups in total. The number of ether oxygens (including phenoxy) is 1. The lowest BCUT2D eigenvalue weighted by molar-refractivity contribution is -0.148. The number of carbonyl (C=O) groups is 1. The molecule has 0 spiro atoms. The standard InChI is InChI=1S/C13H18O3S/c1-4-16-12(15)13(2,17-3)11(14)10-8-6-5-7-9-10/h5-9,11,14H,4H2,1-3H3/t11-,13?/m0/s1. The van der Waals surface area contributed by atoms with Crippen molar-refractivity contribution in [2.45, 2.75) is 24.7 Å². The molecule has 17 heavy (non-hydrogen) atoms. The molecule has 0 amide bonds. The predicted molar refractivity (Wildman–Crippen MR) is 70.0 cm³/mol. The van der Waals surface area contributed by atoms with E-state index >= 15 is 0 Å². The number of aliphatic hydroxyl groups is 1. The van der Waals surface area contributed by atoms with Gasteiger partial charge in [-0.2, -0.15) is 0 Å². The van der Waals surface area contributed by atoms with Crippen molar-refractivity contribution in [3.8, 4) is 0 Å². The summed E-state index contributed by atoms with van der Waals surface area (Å²) in [6, 6.07) is 9.16. The van der Waals surface area contributed by atoms with E-state index in [2.05, 4.69) is 0 Å². The van der Waals surface area contributed by atoms with Gasteiger partial charge in [0.2, 0.25) is 0 Å². The zero-order valence-corrected chi connectivity index (χ0v) is 11.2. The van der Waals surface area contributed by atoms with Crippen molar-refractivity contribution in [1.82, 2.24) is 0 Å². The third kappa shape index (κ3) is 3.01. The van der Waals surface area contributed by atoms with Crippen molar-refractivity contribution in [2.75, 3.05) is 12.9 Å². The second-order valence-electron chi connectivity index (χ2n) is 3.84. The minimum atomic E-state index is -0.975. The maximum Gasteiger partial charge on any atom is 0.324 e. The van der Waals surface area contributed by atoms with Gasteiger partial charge in [-0.3, -0.25) is 4.79 Å². The van der Waals surface area contributed by atoms with Crippen LogP contribution in [0.5, 0.6) is 0 Å². The van der Waals surface area contributed by atoms with Crippen LogP contribution in [0.25, 0.3) is 0 Å². The van der Waals surface area contributed by atoms with Gasteiger partial charge >= 0.3 is 5.97 Å². The maximum atomic E-state index is 11.9. The van der Waals surface area contributed by atoms with Gasteiger partial charge in [-0.05, 0) is 25.7 Å². The Balaban J connectivity index is 2.97. The molecule has 0 aliphatic carbocycles. The molecule has 0 radical (unpaired) electrons. The third-order valence-electron chi connectivity index (χ3n) is 2.74. The van der Waals surface area contributed by atoms with Crippen LogP contribution in [0.4, 0.5) is 0 Å². The van der Waals surface area contributed by atoms with Crippen molar-refractivity contribution < 1.29 is 14.6 Å². The molecule has 1 rings (SSSR count). The molecule has 4 heteroatoms. The van der Waals surface area contributed by atoms with Gasteiger partial charge in [-0.25, -0.2) is 0 Å². The Morgan fingerprint density at radius 2 is 2.06 bits per heavy atom. The molecule has 0 bridgehead atoms. The summed E-state index contributed by atoms with van der Waals surface area (Å²) in [7, 11) is 0. The molecule has 0 saturated carbocycles. The smallest absolute Gasteiger partial charge is 0.324 e. The number of carbonyl (C=O) groups excluding carboxylic acids is 1. The first-order valence-electron chi connectivity index (χ1n) is 5.51. The lowest BCUT2D eigenvalue weighted by Crippen LogP contribution is -2.39. The van der Waals surface area contributed by atoms with E-state index in [1.807, 2.05) is 18.2 Å². The summed E-state index contributed by atoms with van der Waals surface area (Å²) in [6.45, 7) is 3.78. The highest BCUT2D eigenvalue weighted by atomic mass is 32.2. The average Bonchev–Trinajstić information content (AvgIpc) is 2.38. The molecular weight excluding hydrogens is 236 g/mol. The molecule has 0 aliphatic rings. The van der Waals surface area contributed by atoms with Gasteiger partial charge in [0.05, 0.1) is 6.61 Å². The first kappa shape index (κ1) is 14.1. The Bertz CT molecular complexity index is 366. The van der Waals surface area contributed by atoms with Crippen LogP contribution in [0.1, 0.15) is 25.5 Å². The van der Waals surface area contributed by atoms with E-state index in [4.69, 9.17) is 4.74 Å². The number of hydrogen-bond donors (Lipinski definition) is 1. The highest BCUT2D eigenvalue weighted by Crippen LogP contribution is 2.37. The predicted octanol–water partition coefficient (Wildman–Crippen LogP) is 2.40. The summed E-state index contributed by atoms with van der Waals surface area (Å²) in [6.07, 6.45) is 0.918. The van der Waals surface area contributed by atoms with Crippen molar-refractivity contribution >= 4 is 17.7 Å². The summed E-state index contributed by atoms with van der Waals surface area (Å²) < 4.78 is 4.05. The largest absolute Gasteiger partial charge is 0.465 e. The Morgan fingerprint density at radius 1 is 1.47 bits per heavy atom. The fraction of sp³-hybridized carbons (Fsp3) is 0.462. The summed E-state index contributed by atoms with van der Waals surface area (Å²) in [4.78, 5) is 11.9. The number of esters is 1. The van der Waals surface area contributed by atoms with Crippen molar-refractivity contribution in [3.63, 3.8) is 0 Å². The fourth-order valence-corrected chi connectivity index (χ4v) is 2.12. The lowest BCUT2D eigenvalue weighted by atomic mass is 9.96. The second-order valence-corrected chi connectivity index (χ2v) is 5.10. The first-order chi connectivity index (χ1) is 8.06. The minimum Gasteiger partial charge on any atom is -0.465 e. The molecule has 1 aromatic rings. The van der Waals surface area contributed by atoms with Crippen molar-refractivity contribution in [2.24, 2.45) is 0 Å². The van der Waals surface area contributed by atoms with Gasteiger partial charge in [-0.1, -0.05) is 30.3 Å². The van der Waals surface area contributed by atoms with Gasteiger partial charge in [-0.15, -0.1) is 11.8 Å². The van der Waals surface area contributed by atoms with Gasteiger partial charge in [0.15, 0.2) is 0 Å². The fourth-order valence-electron chi connectivity index (χ4n) is 1.53. The Hall–Kier alpha value is -1.00. The van der Waals surface area contributed by atoms with Crippen molar-refractivity contribution in [3.05, 3.63) is 35.9 Å². The Kier molecular flexibility index (Phi) is 5.02. The molecule has 0 saturated heterocycles. The topological polar surface area (TPSA) is 46.5 Å². The van der Waals surface area contributed by atoms with E-state index in [0.717, 1.165) is 5.56 Å². The molecule has 94 valence electrons. The summed E-state index contributed by atoms with van der Waals surface area (Å²) in [5, 5.41) is 10.3. The van der Waals surface area contributed by atoms with Crippen LogP contribution in [0, 0.1) is 0 Å². The van der Waals surface area contributed by atoms with E-state index in [9.17, 15) is 9.90 Å². The molecule has 0 aliphatic heterocycles. The molecule has 2 atom stereocenters. The summed E-state index contributed by atoms with van der Waals surface area (Å²) >= 11 is 1.30.